The Labute approximate surface area is 103 Å². The highest BCUT2D eigenvalue weighted by atomic mass is 19.1. The average molecular weight is 242 g/mol. The van der Waals surface area contributed by atoms with Crippen molar-refractivity contribution in [2.75, 3.05) is 5.73 Å². The van der Waals surface area contributed by atoms with E-state index in [9.17, 15) is 4.39 Å². The molecule has 5 heteroatoms. The second kappa shape index (κ2) is 3.80. The monoisotopic (exact) mass is 242 g/mol. The number of halogens is 1. The maximum Gasteiger partial charge on any atom is 0.160 e. The first-order valence-corrected chi connectivity index (χ1v) is 5.49. The average Bonchev–Trinajstić information content (AvgIpc) is 2.71. The Morgan fingerprint density at radius 3 is 2.89 bits per heavy atom. The number of rotatable bonds is 1. The van der Waals surface area contributed by atoms with E-state index in [0.29, 0.717) is 22.7 Å². The first-order valence-electron chi connectivity index (χ1n) is 5.49. The SMILES string of the molecule is Cn1c(-c2cc(N)ccc2F)nc2cccnc21. The molecule has 4 nitrogen and oxygen atoms in total. The van der Waals surface area contributed by atoms with Crippen LogP contribution in [0.5, 0.6) is 0 Å². The van der Waals surface area contributed by atoms with Crippen molar-refractivity contribution in [2.24, 2.45) is 7.05 Å². The smallest absolute Gasteiger partial charge is 0.160 e. The van der Waals surface area contributed by atoms with Gasteiger partial charge in [0.05, 0.1) is 5.56 Å². The van der Waals surface area contributed by atoms with Gasteiger partial charge >= 0.3 is 0 Å². The third-order valence-corrected chi connectivity index (χ3v) is 2.86. The third-order valence-electron chi connectivity index (χ3n) is 2.86. The molecule has 2 aromatic heterocycles. The Bertz CT molecular complexity index is 733. The van der Waals surface area contributed by atoms with E-state index in [2.05, 4.69) is 9.97 Å². The summed E-state index contributed by atoms with van der Waals surface area (Å²) >= 11 is 0. The van der Waals surface area contributed by atoms with E-state index in [-0.39, 0.29) is 5.82 Å². The van der Waals surface area contributed by atoms with Gasteiger partial charge in [-0.2, -0.15) is 0 Å². The summed E-state index contributed by atoms with van der Waals surface area (Å²) in [6, 6.07) is 8.10. The molecule has 0 unspecified atom stereocenters. The molecule has 0 saturated carbocycles. The van der Waals surface area contributed by atoms with Gasteiger partial charge in [0, 0.05) is 18.9 Å². The van der Waals surface area contributed by atoms with Crippen LogP contribution >= 0.6 is 0 Å². The van der Waals surface area contributed by atoms with Crippen LogP contribution in [-0.2, 0) is 7.05 Å². The van der Waals surface area contributed by atoms with Gasteiger partial charge in [0.25, 0.3) is 0 Å². The van der Waals surface area contributed by atoms with Crippen LogP contribution in [0, 0.1) is 5.82 Å². The number of aryl methyl sites for hydroxylation is 1. The fourth-order valence-corrected chi connectivity index (χ4v) is 1.98. The largest absolute Gasteiger partial charge is 0.399 e. The molecule has 2 heterocycles. The first-order chi connectivity index (χ1) is 8.66. The predicted molar refractivity (Wildman–Crippen MR) is 68.3 cm³/mol. The molecular weight excluding hydrogens is 231 g/mol. The summed E-state index contributed by atoms with van der Waals surface area (Å²) in [6.45, 7) is 0. The van der Waals surface area contributed by atoms with E-state index in [1.54, 1.807) is 29.9 Å². The second-order valence-electron chi connectivity index (χ2n) is 4.08. The Kier molecular flexibility index (Phi) is 2.26. The quantitative estimate of drug-likeness (QED) is 0.666. The molecule has 3 rings (SSSR count). The van der Waals surface area contributed by atoms with Crippen LogP contribution in [0.25, 0.3) is 22.6 Å². The Morgan fingerprint density at radius 1 is 1.28 bits per heavy atom. The minimum atomic E-state index is -0.345. The highest BCUT2D eigenvalue weighted by Crippen LogP contribution is 2.26. The third kappa shape index (κ3) is 1.52. The number of nitrogens with zero attached hydrogens (tertiary/aromatic N) is 3. The molecular formula is C13H11FN4. The van der Waals surface area contributed by atoms with Crippen LogP contribution < -0.4 is 5.73 Å². The summed E-state index contributed by atoms with van der Waals surface area (Å²) in [6.07, 6.45) is 1.68. The van der Waals surface area contributed by atoms with Gasteiger partial charge in [-0.25, -0.2) is 14.4 Å². The van der Waals surface area contributed by atoms with E-state index in [1.807, 2.05) is 6.07 Å². The zero-order valence-electron chi connectivity index (χ0n) is 9.76. The molecule has 1 aromatic carbocycles. The molecule has 0 fully saturated rings. The number of nitrogens with two attached hydrogens (primary N) is 1. The number of benzene rings is 1. The van der Waals surface area contributed by atoms with Crippen molar-refractivity contribution < 1.29 is 4.39 Å². The maximum atomic E-state index is 13.8. The van der Waals surface area contributed by atoms with E-state index in [4.69, 9.17) is 5.73 Å². The summed E-state index contributed by atoms with van der Waals surface area (Å²) < 4.78 is 15.6. The van der Waals surface area contributed by atoms with Gasteiger partial charge in [-0.1, -0.05) is 0 Å². The van der Waals surface area contributed by atoms with Crippen LogP contribution in [-0.4, -0.2) is 14.5 Å². The van der Waals surface area contributed by atoms with Gasteiger partial charge in [-0.3, -0.25) is 0 Å². The van der Waals surface area contributed by atoms with Crippen molar-refractivity contribution in [3.8, 4) is 11.4 Å². The minimum Gasteiger partial charge on any atom is -0.399 e. The van der Waals surface area contributed by atoms with Crippen LogP contribution in [0.4, 0.5) is 10.1 Å². The number of hydrogen-bond donors (Lipinski definition) is 1. The predicted octanol–water partition coefficient (Wildman–Crippen LogP) is 2.36. The Morgan fingerprint density at radius 2 is 2.11 bits per heavy atom. The van der Waals surface area contributed by atoms with E-state index < -0.39 is 0 Å². The lowest BCUT2D eigenvalue weighted by Crippen LogP contribution is -1.97. The Balaban J connectivity index is 2.31. The topological polar surface area (TPSA) is 56.7 Å². The van der Waals surface area contributed by atoms with Crippen molar-refractivity contribution in [1.29, 1.82) is 0 Å². The molecule has 0 bridgehead atoms. The van der Waals surface area contributed by atoms with Crippen LogP contribution in [0.1, 0.15) is 0 Å². The first kappa shape index (κ1) is 10.7. The number of nitrogen functional groups attached to an aromatic ring is 1. The fourth-order valence-electron chi connectivity index (χ4n) is 1.98. The molecule has 0 spiro atoms. The number of fused-ring (bicyclic) bond motifs is 1. The summed E-state index contributed by atoms with van der Waals surface area (Å²) in [5.74, 6) is 0.177. The molecule has 2 N–H and O–H groups in total. The number of pyridine rings is 1. The lowest BCUT2D eigenvalue weighted by Gasteiger charge is -2.04. The van der Waals surface area contributed by atoms with Gasteiger partial charge in [0.1, 0.15) is 17.2 Å². The highest BCUT2D eigenvalue weighted by Gasteiger charge is 2.14. The molecule has 0 radical (unpaired) electrons. The van der Waals surface area contributed by atoms with Gasteiger partial charge in [0.15, 0.2) is 5.65 Å². The zero-order chi connectivity index (χ0) is 12.7. The van der Waals surface area contributed by atoms with Gasteiger partial charge in [-0.15, -0.1) is 0 Å². The standard InChI is InChI=1S/C13H11FN4/c1-18-12(9-7-8(15)4-5-10(9)14)17-11-3-2-6-16-13(11)18/h2-7H,15H2,1H3. The summed E-state index contributed by atoms with van der Waals surface area (Å²) in [4.78, 5) is 8.62. The molecule has 3 aromatic rings. The summed E-state index contributed by atoms with van der Waals surface area (Å²) in [5, 5.41) is 0. The normalized spacial score (nSPS) is 11.0. The van der Waals surface area contributed by atoms with E-state index in [0.717, 1.165) is 5.52 Å². The zero-order valence-corrected chi connectivity index (χ0v) is 9.76. The number of imidazole rings is 1. The molecule has 0 aliphatic rings. The molecule has 0 aliphatic heterocycles. The van der Waals surface area contributed by atoms with Crippen molar-refractivity contribution in [3.05, 3.63) is 42.3 Å². The molecule has 0 aliphatic carbocycles. The van der Waals surface area contributed by atoms with Crippen LogP contribution in [0.15, 0.2) is 36.5 Å². The fraction of sp³-hybridized carbons (Fsp3) is 0.0769. The number of anilines is 1. The van der Waals surface area contributed by atoms with Crippen molar-refractivity contribution >= 4 is 16.9 Å². The molecule has 0 saturated heterocycles. The molecule has 0 amide bonds. The molecule has 0 atom stereocenters. The van der Waals surface area contributed by atoms with Crippen LogP contribution in [0.2, 0.25) is 0 Å². The van der Waals surface area contributed by atoms with Gasteiger partial charge in [-0.05, 0) is 30.3 Å². The van der Waals surface area contributed by atoms with Crippen LogP contribution in [0.3, 0.4) is 0 Å². The lowest BCUT2D eigenvalue weighted by molar-refractivity contribution is 0.629. The maximum absolute atomic E-state index is 13.8. The van der Waals surface area contributed by atoms with Crippen molar-refractivity contribution in [2.45, 2.75) is 0 Å². The summed E-state index contributed by atoms with van der Waals surface area (Å²) in [7, 11) is 1.81. The minimum absolute atomic E-state index is 0.345. The van der Waals surface area contributed by atoms with Crippen molar-refractivity contribution in [1.82, 2.24) is 14.5 Å². The van der Waals surface area contributed by atoms with E-state index >= 15 is 0 Å². The van der Waals surface area contributed by atoms with E-state index in [1.165, 1.54) is 12.1 Å². The lowest BCUT2D eigenvalue weighted by atomic mass is 10.2. The summed E-state index contributed by atoms with van der Waals surface area (Å²) in [5.41, 5.74) is 8.03. The van der Waals surface area contributed by atoms with Gasteiger partial charge in [0.2, 0.25) is 0 Å². The number of hydrogen-bond acceptors (Lipinski definition) is 3. The molecule has 18 heavy (non-hydrogen) atoms. The number of aromatic nitrogens is 3. The second-order valence-corrected chi connectivity index (χ2v) is 4.08. The highest BCUT2D eigenvalue weighted by molar-refractivity contribution is 5.77. The van der Waals surface area contributed by atoms with Crippen molar-refractivity contribution in [3.63, 3.8) is 0 Å². The molecule has 90 valence electrons. The Hall–Kier alpha value is -2.43. The van der Waals surface area contributed by atoms with Gasteiger partial charge < -0.3 is 10.3 Å².